The fraction of sp³-hybridized carbons (Fsp3) is 0.667. The van der Waals surface area contributed by atoms with Gasteiger partial charge in [-0.3, -0.25) is 4.68 Å². The first kappa shape index (κ1) is 12.9. The summed E-state index contributed by atoms with van der Waals surface area (Å²) >= 11 is 1.76. The minimum absolute atomic E-state index is 0.0540. The molecule has 0 saturated carbocycles. The second-order valence-electron chi connectivity index (χ2n) is 3.68. The van der Waals surface area contributed by atoms with Crippen molar-refractivity contribution in [2.24, 2.45) is 0 Å². The smallest absolute Gasteiger partial charge is 0.246 e. The van der Waals surface area contributed by atoms with E-state index in [4.69, 9.17) is 5.11 Å². The summed E-state index contributed by atoms with van der Waals surface area (Å²) in [5.74, 6) is 1.67. The maximum atomic E-state index is 12.2. The van der Waals surface area contributed by atoms with Crippen LogP contribution in [0.3, 0.4) is 0 Å². The summed E-state index contributed by atoms with van der Waals surface area (Å²) in [6.45, 7) is 1.36. The quantitative estimate of drug-likeness (QED) is 0.811. The Kier molecular flexibility index (Phi) is 4.08. The summed E-state index contributed by atoms with van der Waals surface area (Å²) in [5.41, 5.74) is 0. The van der Waals surface area contributed by atoms with Crippen LogP contribution < -0.4 is 0 Å². The third kappa shape index (κ3) is 2.82. The van der Waals surface area contributed by atoms with Crippen molar-refractivity contribution in [1.29, 1.82) is 0 Å². The monoisotopic (exact) mass is 277 g/mol. The van der Waals surface area contributed by atoms with Crippen molar-refractivity contribution in [3.8, 4) is 0 Å². The Hall–Kier alpha value is -0.570. The second kappa shape index (κ2) is 5.38. The predicted molar refractivity (Wildman–Crippen MR) is 65.4 cm³/mol. The highest BCUT2D eigenvalue weighted by atomic mass is 32.2. The van der Waals surface area contributed by atoms with E-state index in [-0.39, 0.29) is 11.5 Å². The first-order valence-electron chi connectivity index (χ1n) is 5.36. The lowest BCUT2D eigenvalue weighted by molar-refractivity contribution is 0.269. The zero-order valence-corrected chi connectivity index (χ0v) is 11.0. The van der Waals surface area contributed by atoms with E-state index in [9.17, 15) is 8.42 Å². The summed E-state index contributed by atoms with van der Waals surface area (Å²) in [6.07, 6.45) is 2.81. The zero-order chi connectivity index (χ0) is 12.3. The molecule has 0 radical (unpaired) electrons. The Morgan fingerprint density at radius 2 is 2.12 bits per heavy atom. The number of rotatable bonds is 4. The number of hydrogen-bond acceptors (Lipinski definition) is 5. The summed E-state index contributed by atoms with van der Waals surface area (Å²) in [5, 5.41) is 12.7. The van der Waals surface area contributed by atoms with Gasteiger partial charge in [-0.1, -0.05) is 0 Å². The summed E-state index contributed by atoms with van der Waals surface area (Å²) in [7, 11) is -3.40. The highest BCUT2D eigenvalue weighted by Crippen LogP contribution is 2.19. The van der Waals surface area contributed by atoms with Crippen LogP contribution in [0.5, 0.6) is 0 Å². The SMILES string of the molecule is O=S(=O)(c1cnn(CCO)c1)N1CCSCC1. The number of thioether (sulfide) groups is 1. The van der Waals surface area contributed by atoms with Crippen molar-refractivity contribution in [2.75, 3.05) is 31.2 Å². The predicted octanol–water partition coefficient (Wildman–Crippen LogP) is -0.387. The fourth-order valence-corrected chi connectivity index (χ4v) is 4.17. The maximum Gasteiger partial charge on any atom is 0.246 e. The third-order valence-electron chi connectivity index (χ3n) is 2.55. The van der Waals surface area contributed by atoms with Gasteiger partial charge < -0.3 is 5.11 Å². The van der Waals surface area contributed by atoms with Gasteiger partial charge in [0.25, 0.3) is 0 Å². The standard InChI is InChI=1S/C9H15N3O3S2/c13-4-1-11-8-9(7-10-11)17(14,15)12-2-5-16-6-3-12/h7-8,13H,1-6H2. The number of aliphatic hydroxyl groups excluding tert-OH is 1. The van der Waals surface area contributed by atoms with Crippen molar-refractivity contribution >= 4 is 21.8 Å². The zero-order valence-electron chi connectivity index (χ0n) is 9.32. The van der Waals surface area contributed by atoms with Crippen LogP contribution in [0.15, 0.2) is 17.3 Å². The molecule has 0 aromatic carbocycles. The summed E-state index contributed by atoms with van der Waals surface area (Å²) in [6, 6.07) is 0. The van der Waals surface area contributed by atoms with Crippen LogP contribution in [0.25, 0.3) is 0 Å². The molecule has 1 aromatic rings. The molecule has 2 rings (SSSR count). The van der Waals surface area contributed by atoms with E-state index >= 15 is 0 Å². The lowest BCUT2D eigenvalue weighted by Crippen LogP contribution is -2.37. The van der Waals surface area contributed by atoms with Crippen LogP contribution in [0.4, 0.5) is 0 Å². The minimum atomic E-state index is -3.40. The maximum absolute atomic E-state index is 12.2. The Morgan fingerprint density at radius 3 is 2.76 bits per heavy atom. The fourth-order valence-electron chi connectivity index (χ4n) is 1.64. The van der Waals surface area contributed by atoms with Gasteiger partial charge >= 0.3 is 0 Å². The first-order chi connectivity index (χ1) is 8.14. The van der Waals surface area contributed by atoms with E-state index in [2.05, 4.69) is 5.10 Å². The van der Waals surface area contributed by atoms with Crippen molar-refractivity contribution < 1.29 is 13.5 Å². The van der Waals surface area contributed by atoms with Crippen LogP contribution in [0, 0.1) is 0 Å². The van der Waals surface area contributed by atoms with Gasteiger partial charge in [-0.05, 0) is 0 Å². The molecule has 1 aromatic heterocycles. The van der Waals surface area contributed by atoms with E-state index in [1.54, 1.807) is 11.8 Å². The molecule has 1 aliphatic heterocycles. The Morgan fingerprint density at radius 1 is 1.41 bits per heavy atom. The third-order valence-corrected chi connectivity index (χ3v) is 5.34. The number of hydrogen-bond donors (Lipinski definition) is 1. The molecule has 6 nitrogen and oxygen atoms in total. The molecule has 17 heavy (non-hydrogen) atoms. The van der Waals surface area contributed by atoms with E-state index in [1.807, 2.05) is 0 Å². The lowest BCUT2D eigenvalue weighted by atomic mass is 10.6. The minimum Gasteiger partial charge on any atom is -0.394 e. The molecule has 2 heterocycles. The van der Waals surface area contributed by atoms with Crippen molar-refractivity contribution in [3.05, 3.63) is 12.4 Å². The van der Waals surface area contributed by atoms with Gasteiger partial charge in [0.15, 0.2) is 0 Å². The van der Waals surface area contributed by atoms with Gasteiger partial charge in [0.05, 0.1) is 19.3 Å². The molecule has 0 atom stereocenters. The molecule has 0 amide bonds. The van der Waals surface area contributed by atoms with E-state index in [0.717, 1.165) is 11.5 Å². The molecular formula is C9H15N3O3S2. The van der Waals surface area contributed by atoms with Gasteiger partial charge in [0.1, 0.15) is 4.90 Å². The molecule has 1 fully saturated rings. The number of aliphatic hydroxyl groups is 1. The normalized spacial score (nSPS) is 18.4. The molecule has 8 heteroatoms. The van der Waals surface area contributed by atoms with Gasteiger partial charge in [-0.2, -0.15) is 21.2 Å². The van der Waals surface area contributed by atoms with Crippen molar-refractivity contribution in [1.82, 2.24) is 14.1 Å². The average molecular weight is 277 g/mol. The molecule has 0 spiro atoms. The Bertz CT molecular complexity index is 466. The molecule has 0 aliphatic carbocycles. The van der Waals surface area contributed by atoms with Crippen LogP contribution >= 0.6 is 11.8 Å². The second-order valence-corrected chi connectivity index (χ2v) is 6.84. The molecule has 0 unspecified atom stereocenters. The van der Waals surface area contributed by atoms with Crippen molar-refractivity contribution in [3.63, 3.8) is 0 Å². The van der Waals surface area contributed by atoms with E-state index in [0.29, 0.717) is 19.6 Å². The summed E-state index contributed by atoms with van der Waals surface area (Å²) in [4.78, 5) is 0.206. The molecule has 96 valence electrons. The largest absolute Gasteiger partial charge is 0.394 e. The van der Waals surface area contributed by atoms with E-state index < -0.39 is 10.0 Å². The van der Waals surface area contributed by atoms with Crippen molar-refractivity contribution in [2.45, 2.75) is 11.4 Å². The molecule has 1 N–H and O–H groups in total. The molecule has 1 saturated heterocycles. The Balaban J connectivity index is 2.18. The van der Waals surface area contributed by atoms with Gasteiger partial charge in [0, 0.05) is 30.8 Å². The number of sulfonamides is 1. The van der Waals surface area contributed by atoms with Crippen LogP contribution in [-0.2, 0) is 16.6 Å². The topological polar surface area (TPSA) is 75.4 Å². The van der Waals surface area contributed by atoms with Gasteiger partial charge in [-0.25, -0.2) is 8.42 Å². The van der Waals surface area contributed by atoms with Gasteiger partial charge in [0.2, 0.25) is 10.0 Å². The molecule has 0 bridgehead atoms. The average Bonchev–Trinajstić information content (AvgIpc) is 2.80. The van der Waals surface area contributed by atoms with Crippen LogP contribution in [0.2, 0.25) is 0 Å². The van der Waals surface area contributed by atoms with E-state index in [1.165, 1.54) is 21.4 Å². The molecule has 1 aliphatic rings. The van der Waals surface area contributed by atoms with Crippen LogP contribution in [0.1, 0.15) is 0 Å². The summed E-state index contributed by atoms with van der Waals surface area (Å²) < 4.78 is 27.3. The highest BCUT2D eigenvalue weighted by Gasteiger charge is 2.27. The number of nitrogens with zero attached hydrogens (tertiary/aromatic N) is 3. The van der Waals surface area contributed by atoms with Crippen LogP contribution in [-0.4, -0.2) is 58.8 Å². The molecular weight excluding hydrogens is 262 g/mol. The Labute approximate surface area is 105 Å². The lowest BCUT2D eigenvalue weighted by Gasteiger charge is -2.24. The number of aromatic nitrogens is 2. The highest BCUT2D eigenvalue weighted by molar-refractivity contribution is 7.99. The first-order valence-corrected chi connectivity index (χ1v) is 7.95. The van der Waals surface area contributed by atoms with Gasteiger partial charge in [-0.15, -0.1) is 0 Å².